The van der Waals surface area contributed by atoms with Crippen LogP contribution in [0.15, 0.2) is 121 Å². The highest BCUT2D eigenvalue weighted by Crippen LogP contribution is 2.29. The summed E-state index contributed by atoms with van der Waals surface area (Å²) in [6, 6.07) is 44.5. The molecule has 0 bridgehead atoms. The average Bonchev–Trinajstić information content (AvgIpc) is 3.03. The Morgan fingerprint density at radius 3 is 1.54 bits per heavy atom. The first-order valence-corrected chi connectivity index (χ1v) is 16.0. The van der Waals surface area contributed by atoms with Crippen molar-refractivity contribution < 1.29 is 0 Å². The van der Waals surface area contributed by atoms with Crippen molar-refractivity contribution in [1.82, 2.24) is 10.2 Å². The Morgan fingerprint density at radius 1 is 0.463 bits per heavy atom. The van der Waals surface area contributed by atoms with Crippen LogP contribution in [0.1, 0.15) is 79.7 Å². The largest absolute Gasteiger partial charge is 0.317 e. The molecule has 0 saturated carbocycles. The number of rotatable bonds is 20. The lowest BCUT2D eigenvalue weighted by molar-refractivity contribution is 0.171. The molecule has 0 aromatic heterocycles. The maximum atomic E-state index is 3.70. The van der Waals surface area contributed by atoms with E-state index in [0.717, 1.165) is 26.2 Å². The van der Waals surface area contributed by atoms with E-state index in [9.17, 15) is 0 Å². The first-order chi connectivity index (χ1) is 20.4. The van der Waals surface area contributed by atoms with E-state index in [-0.39, 0.29) is 0 Å². The molecule has 0 aliphatic rings. The standard InChI is InChI=1S/C39H50N2/c1-6-20-35(21-7-1)24-12-5-19-33-41(34-37-26-10-3-11-27-37)39(38-28-13-4-14-29-38)30-16-18-32-40-31-17-15-25-36-22-8-2-9-23-36/h1-4,6-11,13-14,20-23,26-29,39-40H,5,12,15-19,24-25,30-34H2. The monoisotopic (exact) mass is 546 g/mol. The average molecular weight is 547 g/mol. The molecule has 0 aliphatic heterocycles. The first kappa shape index (κ1) is 30.8. The van der Waals surface area contributed by atoms with Crippen LogP contribution in [-0.4, -0.2) is 24.5 Å². The maximum absolute atomic E-state index is 3.70. The molecule has 4 aromatic rings. The van der Waals surface area contributed by atoms with E-state index in [0.29, 0.717) is 6.04 Å². The minimum absolute atomic E-state index is 0.455. The molecule has 1 N–H and O–H groups in total. The van der Waals surface area contributed by atoms with Crippen molar-refractivity contribution in [2.24, 2.45) is 0 Å². The highest BCUT2D eigenvalue weighted by atomic mass is 15.1. The lowest BCUT2D eigenvalue weighted by atomic mass is 9.97. The number of benzene rings is 4. The fourth-order valence-corrected chi connectivity index (χ4v) is 5.80. The molecule has 1 unspecified atom stereocenters. The lowest BCUT2D eigenvalue weighted by Gasteiger charge is -2.33. The van der Waals surface area contributed by atoms with Gasteiger partial charge in [-0.15, -0.1) is 0 Å². The van der Waals surface area contributed by atoms with Crippen molar-refractivity contribution in [3.05, 3.63) is 144 Å². The smallest absolute Gasteiger partial charge is 0.0351 e. The van der Waals surface area contributed by atoms with Crippen molar-refractivity contribution in [2.75, 3.05) is 19.6 Å². The fourth-order valence-electron chi connectivity index (χ4n) is 5.80. The highest BCUT2D eigenvalue weighted by molar-refractivity contribution is 5.21. The molecule has 0 saturated heterocycles. The number of unbranched alkanes of at least 4 members (excludes halogenated alkanes) is 4. The predicted molar refractivity (Wildman–Crippen MR) is 176 cm³/mol. The Morgan fingerprint density at radius 2 is 0.951 bits per heavy atom. The summed E-state index contributed by atoms with van der Waals surface area (Å²) in [5.41, 5.74) is 5.78. The Hall–Kier alpha value is -3.20. The van der Waals surface area contributed by atoms with E-state index in [4.69, 9.17) is 0 Å². The number of nitrogens with zero attached hydrogens (tertiary/aromatic N) is 1. The van der Waals surface area contributed by atoms with Gasteiger partial charge in [0.1, 0.15) is 0 Å². The zero-order chi connectivity index (χ0) is 28.2. The molecule has 0 spiro atoms. The van der Waals surface area contributed by atoms with Gasteiger partial charge in [0.2, 0.25) is 0 Å². The number of hydrogen-bond acceptors (Lipinski definition) is 2. The molecule has 4 aromatic carbocycles. The Kier molecular flexibility index (Phi) is 14.3. The van der Waals surface area contributed by atoms with Gasteiger partial charge >= 0.3 is 0 Å². The van der Waals surface area contributed by atoms with Crippen LogP contribution in [0, 0.1) is 0 Å². The van der Waals surface area contributed by atoms with Gasteiger partial charge in [-0.05, 0) is 93.3 Å². The SMILES string of the molecule is c1ccc(CCCCCN(Cc2ccccc2)C(CCCCNCCCCc2ccccc2)c2ccccc2)cc1. The van der Waals surface area contributed by atoms with Crippen LogP contribution in [0.4, 0.5) is 0 Å². The molecule has 0 heterocycles. The van der Waals surface area contributed by atoms with Crippen molar-refractivity contribution >= 4 is 0 Å². The van der Waals surface area contributed by atoms with E-state index in [1.165, 1.54) is 86.5 Å². The molecule has 2 heteroatoms. The van der Waals surface area contributed by atoms with E-state index < -0.39 is 0 Å². The van der Waals surface area contributed by atoms with E-state index in [2.05, 4.69) is 132 Å². The maximum Gasteiger partial charge on any atom is 0.0351 e. The molecular weight excluding hydrogens is 496 g/mol. The second kappa shape index (κ2) is 19.0. The summed E-state index contributed by atoms with van der Waals surface area (Å²) in [7, 11) is 0. The van der Waals surface area contributed by atoms with Crippen LogP contribution in [0.2, 0.25) is 0 Å². The summed E-state index contributed by atoms with van der Waals surface area (Å²) in [6.45, 7) is 4.39. The van der Waals surface area contributed by atoms with Crippen molar-refractivity contribution in [2.45, 2.75) is 76.8 Å². The molecule has 2 nitrogen and oxygen atoms in total. The second-order valence-corrected chi connectivity index (χ2v) is 11.4. The molecule has 1 atom stereocenters. The Balaban J connectivity index is 1.25. The molecule has 0 aliphatic carbocycles. The number of nitrogens with one attached hydrogen (secondary N) is 1. The molecule has 216 valence electrons. The third-order valence-electron chi connectivity index (χ3n) is 8.10. The molecule has 0 fully saturated rings. The van der Waals surface area contributed by atoms with Gasteiger partial charge in [0.05, 0.1) is 0 Å². The van der Waals surface area contributed by atoms with Gasteiger partial charge in [-0.2, -0.15) is 0 Å². The molecule has 0 radical (unpaired) electrons. The normalized spacial score (nSPS) is 12.0. The summed E-state index contributed by atoms with van der Waals surface area (Å²) in [4.78, 5) is 2.75. The minimum atomic E-state index is 0.455. The summed E-state index contributed by atoms with van der Waals surface area (Å²) in [5, 5.41) is 3.70. The molecule has 4 rings (SSSR count). The zero-order valence-corrected chi connectivity index (χ0v) is 25.0. The summed E-state index contributed by atoms with van der Waals surface area (Å²) < 4.78 is 0. The van der Waals surface area contributed by atoms with Crippen molar-refractivity contribution in [1.29, 1.82) is 0 Å². The zero-order valence-electron chi connectivity index (χ0n) is 25.0. The van der Waals surface area contributed by atoms with Gasteiger partial charge in [0, 0.05) is 12.6 Å². The van der Waals surface area contributed by atoms with Gasteiger partial charge in [-0.25, -0.2) is 0 Å². The Labute approximate surface area is 249 Å². The first-order valence-electron chi connectivity index (χ1n) is 16.0. The van der Waals surface area contributed by atoms with Crippen LogP contribution >= 0.6 is 0 Å². The van der Waals surface area contributed by atoms with E-state index in [1.54, 1.807) is 0 Å². The van der Waals surface area contributed by atoms with Crippen LogP contribution in [0.3, 0.4) is 0 Å². The van der Waals surface area contributed by atoms with Crippen LogP contribution in [0.5, 0.6) is 0 Å². The third-order valence-corrected chi connectivity index (χ3v) is 8.10. The van der Waals surface area contributed by atoms with Crippen molar-refractivity contribution in [3.8, 4) is 0 Å². The number of hydrogen-bond donors (Lipinski definition) is 1. The summed E-state index contributed by atoms with van der Waals surface area (Å²) in [5.74, 6) is 0. The fraction of sp³-hybridized carbons (Fsp3) is 0.385. The van der Waals surface area contributed by atoms with Crippen molar-refractivity contribution in [3.63, 3.8) is 0 Å². The van der Waals surface area contributed by atoms with Gasteiger partial charge in [0.15, 0.2) is 0 Å². The lowest BCUT2D eigenvalue weighted by Crippen LogP contribution is -2.30. The summed E-state index contributed by atoms with van der Waals surface area (Å²) >= 11 is 0. The van der Waals surface area contributed by atoms with Crippen LogP contribution in [-0.2, 0) is 19.4 Å². The quantitative estimate of drug-likeness (QED) is 0.111. The van der Waals surface area contributed by atoms with Gasteiger partial charge < -0.3 is 5.32 Å². The topological polar surface area (TPSA) is 15.3 Å². The number of aryl methyl sites for hydroxylation is 2. The Bertz CT molecular complexity index is 1160. The molecule has 41 heavy (non-hydrogen) atoms. The van der Waals surface area contributed by atoms with Gasteiger partial charge in [-0.1, -0.05) is 134 Å². The third kappa shape index (κ3) is 12.1. The predicted octanol–water partition coefficient (Wildman–Crippen LogP) is 9.43. The van der Waals surface area contributed by atoms with Crippen LogP contribution < -0.4 is 5.32 Å². The van der Waals surface area contributed by atoms with Gasteiger partial charge in [-0.3, -0.25) is 4.90 Å². The van der Waals surface area contributed by atoms with E-state index in [1.807, 2.05) is 0 Å². The van der Waals surface area contributed by atoms with Gasteiger partial charge in [0.25, 0.3) is 0 Å². The molecule has 0 amide bonds. The summed E-state index contributed by atoms with van der Waals surface area (Å²) in [6.07, 6.45) is 12.3. The van der Waals surface area contributed by atoms with E-state index >= 15 is 0 Å². The van der Waals surface area contributed by atoms with Crippen LogP contribution in [0.25, 0.3) is 0 Å². The molecular formula is C39H50N2. The minimum Gasteiger partial charge on any atom is -0.317 e. The second-order valence-electron chi connectivity index (χ2n) is 11.4. The highest BCUT2D eigenvalue weighted by Gasteiger charge is 2.20.